The highest BCUT2D eigenvalue weighted by Gasteiger charge is 2.31. The van der Waals surface area contributed by atoms with Gasteiger partial charge in [-0.1, -0.05) is 23.7 Å². The molecule has 0 aliphatic carbocycles. The molecule has 1 amide bonds. The quantitative estimate of drug-likeness (QED) is 0.843. The number of amides is 1. The van der Waals surface area contributed by atoms with E-state index in [1.807, 2.05) is 0 Å². The maximum Gasteiger partial charge on any atom is 0.217 e. The Hall–Kier alpha value is -1.68. The third-order valence-corrected chi connectivity index (χ3v) is 3.05. The lowest BCUT2D eigenvalue weighted by Gasteiger charge is -2.24. The van der Waals surface area contributed by atoms with Gasteiger partial charge in [-0.3, -0.25) is 14.4 Å². The Balaban J connectivity index is 3.19. The number of benzene rings is 1. The van der Waals surface area contributed by atoms with Gasteiger partial charge in [-0.2, -0.15) is 0 Å². The van der Waals surface area contributed by atoms with Gasteiger partial charge in [0.25, 0.3) is 0 Å². The van der Waals surface area contributed by atoms with Crippen molar-refractivity contribution in [1.29, 1.82) is 0 Å². The maximum absolute atomic E-state index is 11.7. The Kier molecular flexibility index (Phi) is 5.24. The normalized spacial score (nSPS) is 12.1. The maximum atomic E-state index is 11.7. The lowest BCUT2D eigenvalue weighted by molar-refractivity contribution is -0.132. The minimum Gasteiger partial charge on any atom is -0.348 e. The summed E-state index contributed by atoms with van der Waals surface area (Å²) in [4.78, 5) is 34.6. The second kappa shape index (κ2) is 6.48. The Labute approximate surface area is 117 Å². The van der Waals surface area contributed by atoms with Crippen LogP contribution in [0.3, 0.4) is 0 Å². The predicted molar refractivity (Wildman–Crippen MR) is 72.9 cm³/mol. The number of Topliss-reactive ketones (excluding diaryl/α,β-unsaturated/α-hetero) is 2. The van der Waals surface area contributed by atoms with Gasteiger partial charge in [-0.05, 0) is 31.5 Å². The van der Waals surface area contributed by atoms with E-state index in [9.17, 15) is 14.4 Å². The molecule has 0 saturated carbocycles. The van der Waals surface area contributed by atoms with E-state index in [-0.39, 0.29) is 17.5 Å². The number of carbonyl (C=O) groups is 3. The van der Waals surface area contributed by atoms with Crippen LogP contribution in [0.1, 0.15) is 32.4 Å². The lowest BCUT2D eigenvalue weighted by Crippen LogP contribution is -2.38. The van der Waals surface area contributed by atoms with E-state index in [2.05, 4.69) is 5.32 Å². The summed E-state index contributed by atoms with van der Waals surface area (Å²) in [5, 5.41) is 3.20. The first kappa shape index (κ1) is 15.4. The van der Waals surface area contributed by atoms with Crippen LogP contribution in [-0.4, -0.2) is 17.5 Å². The molecular formula is C14H16ClNO3. The fraction of sp³-hybridized carbons (Fsp3) is 0.357. The van der Waals surface area contributed by atoms with Gasteiger partial charge < -0.3 is 5.32 Å². The molecule has 0 aromatic heterocycles. The van der Waals surface area contributed by atoms with Crippen molar-refractivity contribution < 1.29 is 14.4 Å². The van der Waals surface area contributed by atoms with Gasteiger partial charge in [0, 0.05) is 11.9 Å². The van der Waals surface area contributed by atoms with Crippen molar-refractivity contribution in [3.63, 3.8) is 0 Å². The van der Waals surface area contributed by atoms with Crippen LogP contribution in [0.15, 0.2) is 24.3 Å². The standard InChI is InChI=1S/C14H16ClNO3/c1-8(17)13(9(2)18)14(16-10(3)19)11-4-6-12(15)7-5-11/h4-7,13-14H,1-3H3,(H,16,19). The molecule has 0 aliphatic heterocycles. The summed E-state index contributed by atoms with van der Waals surface area (Å²) in [5.74, 6) is -1.74. The molecule has 102 valence electrons. The summed E-state index contributed by atoms with van der Waals surface area (Å²) in [6.45, 7) is 4.04. The number of ketones is 2. The van der Waals surface area contributed by atoms with Crippen molar-refractivity contribution in [2.75, 3.05) is 0 Å². The lowest BCUT2D eigenvalue weighted by atomic mass is 9.87. The molecule has 0 heterocycles. The highest BCUT2D eigenvalue weighted by molar-refractivity contribution is 6.30. The second-order valence-electron chi connectivity index (χ2n) is 4.43. The fourth-order valence-electron chi connectivity index (χ4n) is 2.00. The molecule has 4 nitrogen and oxygen atoms in total. The largest absolute Gasteiger partial charge is 0.348 e. The summed E-state index contributed by atoms with van der Waals surface area (Å²) in [7, 11) is 0. The monoisotopic (exact) mass is 281 g/mol. The minimum absolute atomic E-state index is 0.277. The van der Waals surface area contributed by atoms with Crippen LogP contribution in [0.2, 0.25) is 5.02 Å². The molecule has 5 heteroatoms. The topological polar surface area (TPSA) is 63.2 Å². The average molecular weight is 282 g/mol. The van der Waals surface area contributed by atoms with Crippen LogP contribution >= 0.6 is 11.6 Å². The average Bonchev–Trinajstić information content (AvgIpc) is 2.27. The number of hydrogen-bond acceptors (Lipinski definition) is 3. The van der Waals surface area contributed by atoms with E-state index in [4.69, 9.17) is 11.6 Å². The van der Waals surface area contributed by atoms with E-state index < -0.39 is 12.0 Å². The molecule has 0 radical (unpaired) electrons. The van der Waals surface area contributed by atoms with Crippen molar-refractivity contribution in [1.82, 2.24) is 5.32 Å². The summed E-state index contributed by atoms with van der Waals surface area (Å²) in [5.41, 5.74) is 0.676. The van der Waals surface area contributed by atoms with Gasteiger partial charge in [0.05, 0.1) is 6.04 Å². The first-order valence-electron chi connectivity index (χ1n) is 5.86. The van der Waals surface area contributed by atoms with E-state index in [1.165, 1.54) is 20.8 Å². The number of nitrogens with one attached hydrogen (secondary N) is 1. The molecule has 0 aliphatic rings. The summed E-state index contributed by atoms with van der Waals surface area (Å²) >= 11 is 5.81. The molecule has 0 fully saturated rings. The molecule has 0 saturated heterocycles. The first-order chi connectivity index (χ1) is 8.82. The van der Waals surface area contributed by atoms with E-state index >= 15 is 0 Å². The van der Waals surface area contributed by atoms with Crippen LogP contribution in [0.25, 0.3) is 0 Å². The summed E-state index contributed by atoms with van der Waals surface area (Å²) in [6.07, 6.45) is 0. The van der Waals surface area contributed by atoms with Crippen molar-refractivity contribution in [2.24, 2.45) is 5.92 Å². The molecule has 1 N–H and O–H groups in total. The zero-order valence-electron chi connectivity index (χ0n) is 11.1. The van der Waals surface area contributed by atoms with E-state index in [0.29, 0.717) is 10.6 Å². The van der Waals surface area contributed by atoms with Crippen LogP contribution in [0, 0.1) is 5.92 Å². The van der Waals surface area contributed by atoms with Gasteiger partial charge in [-0.25, -0.2) is 0 Å². The first-order valence-corrected chi connectivity index (χ1v) is 6.24. The molecule has 0 bridgehead atoms. The van der Waals surface area contributed by atoms with Crippen LogP contribution < -0.4 is 5.32 Å². The molecule has 1 atom stereocenters. The molecule has 1 unspecified atom stereocenters. The molecule has 1 aromatic carbocycles. The fourth-order valence-corrected chi connectivity index (χ4v) is 2.13. The number of carbonyl (C=O) groups excluding carboxylic acids is 3. The molecule has 19 heavy (non-hydrogen) atoms. The van der Waals surface area contributed by atoms with Gasteiger partial charge in [0.15, 0.2) is 0 Å². The van der Waals surface area contributed by atoms with Crippen molar-refractivity contribution in [2.45, 2.75) is 26.8 Å². The Morgan fingerprint density at radius 2 is 1.47 bits per heavy atom. The zero-order chi connectivity index (χ0) is 14.6. The highest BCUT2D eigenvalue weighted by atomic mass is 35.5. The Morgan fingerprint density at radius 1 is 1.00 bits per heavy atom. The van der Waals surface area contributed by atoms with Gasteiger partial charge in [0.1, 0.15) is 17.5 Å². The van der Waals surface area contributed by atoms with Crippen LogP contribution in [0.4, 0.5) is 0 Å². The van der Waals surface area contributed by atoms with Crippen molar-refractivity contribution >= 4 is 29.1 Å². The van der Waals surface area contributed by atoms with Crippen molar-refractivity contribution in [3.8, 4) is 0 Å². The van der Waals surface area contributed by atoms with Gasteiger partial charge in [-0.15, -0.1) is 0 Å². The van der Waals surface area contributed by atoms with E-state index in [0.717, 1.165) is 0 Å². The molecule has 1 aromatic rings. The third-order valence-electron chi connectivity index (χ3n) is 2.80. The van der Waals surface area contributed by atoms with Gasteiger partial charge in [0.2, 0.25) is 5.91 Å². The van der Waals surface area contributed by atoms with Crippen molar-refractivity contribution in [3.05, 3.63) is 34.9 Å². The molecular weight excluding hydrogens is 266 g/mol. The van der Waals surface area contributed by atoms with Gasteiger partial charge >= 0.3 is 0 Å². The highest BCUT2D eigenvalue weighted by Crippen LogP contribution is 2.25. The van der Waals surface area contributed by atoms with E-state index in [1.54, 1.807) is 24.3 Å². The second-order valence-corrected chi connectivity index (χ2v) is 4.87. The number of halogens is 1. The summed E-state index contributed by atoms with van der Waals surface area (Å²) in [6, 6.07) is 6.04. The smallest absolute Gasteiger partial charge is 0.217 e. The minimum atomic E-state index is -0.884. The molecule has 0 spiro atoms. The predicted octanol–water partition coefficient (Wildman–Crippen LogP) is 2.31. The van der Waals surface area contributed by atoms with Crippen LogP contribution in [0.5, 0.6) is 0 Å². The number of hydrogen-bond donors (Lipinski definition) is 1. The SMILES string of the molecule is CC(=O)NC(c1ccc(Cl)cc1)C(C(C)=O)C(C)=O. The Morgan fingerprint density at radius 3 is 1.84 bits per heavy atom. The molecule has 1 rings (SSSR count). The number of rotatable bonds is 5. The third kappa shape index (κ3) is 4.17. The Bertz CT molecular complexity index is 482. The van der Waals surface area contributed by atoms with Crippen LogP contribution in [-0.2, 0) is 14.4 Å². The zero-order valence-corrected chi connectivity index (χ0v) is 11.8. The summed E-state index contributed by atoms with van der Waals surface area (Å²) < 4.78 is 0.